The molecule has 8 rings (SSSR count). The molecule has 0 spiro atoms. The van der Waals surface area contributed by atoms with E-state index in [1.165, 1.54) is 11.0 Å². The SMILES string of the molecule is C=CC(C)(/C(=C/CC)CC)N(c1ccccc1)c1ccc(-c2cccc3c2oc2cc4nc(-c5ccc6ccccc6c5)oc4cc23)cc1. The molecule has 2 aromatic heterocycles. The van der Waals surface area contributed by atoms with Crippen LogP contribution in [0.1, 0.15) is 33.6 Å². The van der Waals surface area contributed by atoms with Gasteiger partial charge in [-0.15, -0.1) is 6.58 Å². The largest absolute Gasteiger partial charge is 0.455 e. The first-order valence-electron chi connectivity index (χ1n) is 17.0. The van der Waals surface area contributed by atoms with Crippen molar-refractivity contribution in [2.24, 2.45) is 0 Å². The maximum absolute atomic E-state index is 6.60. The second kappa shape index (κ2) is 12.3. The molecule has 1 unspecified atom stereocenters. The van der Waals surface area contributed by atoms with Gasteiger partial charge in [-0.1, -0.05) is 105 Å². The van der Waals surface area contributed by atoms with E-state index in [2.05, 4.69) is 160 Å². The number of hydrogen-bond donors (Lipinski definition) is 0. The first kappa shape index (κ1) is 30.5. The number of allylic oxidation sites excluding steroid dienone is 1. The normalized spacial score (nSPS) is 13.3. The number of fused-ring (bicyclic) bond motifs is 5. The molecule has 4 heteroatoms. The molecule has 0 saturated carbocycles. The van der Waals surface area contributed by atoms with Gasteiger partial charge in [0.1, 0.15) is 16.7 Å². The topological polar surface area (TPSA) is 42.4 Å². The standard InChI is InChI=1S/C45H38N2O2/c1-5-14-34(6-2)45(4,7-3)47(35-17-9-8-10-18-35)36-25-23-31(24-26-36)37-19-13-20-38-39-28-42-40(29-41(39)48-43(37)38)46-44(49-42)33-22-21-30-15-11-12-16-32(30)27-33/h7-29H,3,5-6H2,1-2,4H3/b34-14+. The summed E-state index contributed by atoms with van der Waals surface area (Å²) in [5.41, 5.74) is 9.39. The fourth-order valence-electron chi connectivity index (χ4n) is 7.27. The first-order chi connectivity index (χ1) is 24.0. The van der Waals surface area contributed by atoms with Gasteiger partial charge in [0.05, 0.1) is 5.54 Å². The third-order valence-electron chi connectivity index (χ3n) is 9.80. The van der Waals surface area contributed by atoms with Gasteiger partial charge < -0.3 is 13.7 Å². The lowest BCUT2D eigenvalue weighted by Crippen LogP contribution is -2.43. The van der Waals surface area contributed by atoms with Crippen molar-refractivity contribution in [3.63, 3.8) is 0 Å². The van der Waals surface area contributed by atoms with Gasteiger partial charge in [-0.25, -0.2) is 4.98 Å². The van der Waals surface area contributed by atoms with Crippen LogP contribution in [0.2, 0.25) is 0 Å². The van der Waals surface area contributed by atoms with E-state index < -0.39 is 5.54 Å². The third-order valence-corrected chi connectivity index (χ3v) is 9.80. The first-order valence-corrected chi connectivity index (χ1v) is 17.0. The Hall–Kier alpha value is -5.87. The molecular weight excluding hydrogens is 601 g/mol. The maximum atomic E-state index is 6.60. The zero-order valence-electron chi connectivity index (χ0n) is 28.1. The number of anilines is 2. The third kappa shape index (κ3) is 5.21. The number of aromatic nitrogens is 1. The zero-order chi connectivity index (χ0) is 33.5. The average Bonchev–Trinajstić information content (AvgIpc) is 3.74. The lowest BCUT2D eigenvalue weighted by Gasteiger charge is -2.43. The summed E-state index contributed by atoms with van der Waals surface area (Å²) in [7, 11) is 0. The molecule has 1 atom stereocenters. The van der Waals surface area contributed by atoms with E-state index in [-0.39, 0.29) is 0 Å². The van der Waals surface area contributed by atoms with Crippen LogP contribution in [0.5, 0.6) is 0 Å². The molecule has 4 nitrogen and oxygen atoms in total. The number of para-hydroxylation sites is 2. The van der Waals surface area contributed by atoms with E-state index in [4.69, 9.17) is 13.8 Å². The van der Waals surface area contributed by atoms with Crippen molar-refractivity contribution in [3.8, 4) is 22.6 Å². The average molecular weight is 639 g/mol. The Morgan fingerprint density at radius 1 is 0.714 bits per heavy atom. The van der Waals surface area contributed by atoms with Gasteiger partial charge in [-0.3, -0.25) is 0 Å². The number of benzene rings is 6. The fraction of sp³-hybridized carbons (Fsp3) is 0.133. The van der Waals surface area contributed by atoms with Crippen LogP contribution < -0.4 is 4.90 Å². The number of oxazole rings is 1. The second-order valence-electron chi connectivity index (χ2n) is 12.7. The minimum Gasteiger partial charge on any atom is -0.455 e. The molecule has 240 valence electrons. The lowest BCUT2D eigenvalue weighted by atomic mass is 9.85. The van der Waals surface area contributed by atoms with Crippen molar-refractivity contribution in [2.75, 3.05) is 4.90 Å². The van der Waals surface area contributed by atoms with E-state index in [1.807, 2.05) is 12.1 Å². The van der Waals surface area contributed by atoms with Crippen LogP contribution in [0.3, 0.4) is 0 Å². The Balaban J connectivity index is 1.18. The number of rotatable bonds is 9. The minimum absolute atomic E-state index is 0.397. The predicted molar refractivity (Wildman–Crippen MR) is 206 cm³/mol. The van der Waals surface area contributed by atoms with Gasteiger partial charge in [0.15, 0.2) is 5.58 Å². The molecular formula is C45H38N2O2. The van der Waals surface area contributed by atoms with Crippen molar-refractivity contribution in [2.45, 2.75) is 39.2 Å². The molecule has 0 aliphatic rings. The predicted octanol–water partition coefficient (Wildman–Crippen LogP) is 13.0. The van der Waals surface area contributed by atoms with Gasteiger partial charge in [-0.2, -0.15) is 0 Å². The molecule has 8 aromatic rings. The smallest absolute Gasteiger partial charge is 0.227 e. The Morgan fingerprint density at radius 3 is 2.20 bits per heavy atom. The van der Waals surface area contributed by atoms with Gasteiger partial charge in [-0.05, 0) is 84.1 Å². The summed E-state index contributed by atoms with van der Waals surface area (Å²) in [6, 6.07) is 44.4. The molecule has 2 heterocycles. The Kier molecular flexibility index (Phi) is 7.64. The van der Waals surface area contributed by atoms with E-state index in [0.29, 0.717) is 5.89 Å². The minimum atomic E-state index is -0.397. The molecule has 0 aliphatic carbocycles. The van der Waals surface area contributed by atoms with Crippen LogP contribution >= 0.6 is 0 Å². The van der Waals surface area contributed by atoms with Crippen molar-refractivity contribution in [3.05, 3.63) is 152 Å². The highest BCUT2D eigenvalue weighted by atomic mass is 16.4. The van der Waals surface area contributed by atoms with Crippen LogP contribution in [0, 0.1) is 0 Å². The molecule has 6 aromatic carbocycles. The summed E-state index contributed by atoms with van der Waals surface area (Å²) in [5.74, 6) is 0.604. The second-order valence-corrected chi connectivity index (χ2v) is 12.7. The number of furan rings is 1. The van der Waals surface area contributed by atoms with Crippen LogP contribution in [-0.4, -0.2) is 10.5 Å². The van der Waals surface area contributed by atoms with Crippen molar-refractivity contribution in [1.82, 2.24) is 4.98 Å². The van der Waals surface area contributed by atoms with Crippen molar-refractivity contribution < 1.29 is 8.83 Å². The molecule has 0 saturated heterocycles. The Labute approximate surface area is 286 Å². The molecule has 49 heavy (non-hydrogen) atoms. The molecule has 0 N–H and O–H groups in total. The monoisotopic (exact) mass is 638 g/mol. The van der Waals surface area contributed by atoms with Crippen LogP contribution in [-0.2, 0) is 0 Å². The molecule has 0 aliphatic heterocycles. The summed E-state index contributed by atoms with van der Waals surface area (Å²) >= 11 is 0. The summed E-state index contributed by atoms with van der Waals surface area (Å²) in [6.45, 7) is 11.0. The van der Waals surface area contributed by atoms with E-state index in [0.717, 1.165) is 79.3 Å². The van der Waals surface area contributed by atoms with Gasteiger partial charge >= 0.3 is 0 Å². The molecule has 0 bridgehead atoms. The molecule has 0 radical (unpaired) electrons. The van der Waals surface area contributed by atoms with Crippen LogP contribution in [0.15, 0.2) is 161 Å². The zero-order valence-corrected chi connectivity index (χ0v) is 28.1. The quantitative estimate of drug-likeness (QED) is 0.148. The van der Waals surface area contributed by atoms with Gasteiger partial charge in [0, 0.05) is 39.3 Å². The van der Waals surface area contributed by atoms with E-state index in [1.54, 1.807) is 0 Å². The summed E-state index contributed by atoms with van der Waals surface area (Å²) < 4.78 is 12.9. The van der Waals surface area contributed by atoms with Crippen LogP contribution in [0.4, 0.5) is 11.4 Å². The van der Waals surface area contributed by atoms with Crippen molar-refractivity contribution >= 4 is 55.2 Å². The number of hydrogen-bond acceptors (Lipinski definition) is 4. The highest BCUT2D eigenvalue weighted by molar-refractivity contribution is 6.12. The van der Waals surface area contributed by atoms with Gasteiger partial charge in [0.25, 0.3) is 0 Å². The summed E-state index contributed by atoms with van der Waals surface area (Å²) in [5, 5.41) is 4.40. The van der Waals surface area contributed by atoms with E-state index >= 15 is 0 Å². The highest BCUT2D eigenvalue weighted by Gasteiger charge is 2.33. The highest BCUT2D eigenvalue weighted by Crippen LogP contribution is 2.42. The Morgan fingerprint density at radius 2 is 1.45 bits per heavy atom. The fourth-order valence-corrected chi connectivity index (χ4v) is 7.27. The Bertz CT molecular complexity index is 2500. The van der Waals surface area contributed by atoms with E-state index in [9.17, 15) is 0 Å². The maximum Gasteiger partial charge on any atom is 0.227 e. The number of nitrogens with zero attached hydrogens (tertiary/aromatic N) is 2. The van der Waals surface area contributed by atoms with Gasteiger partial charge in [0.2, 0.25) is 5.89 Å². The summed E-state index contributed by atoms with van der Waals surface area (Å²) in [4.78, 5) is 7.25. The summed E-state index contributed by atoms with van der Waals surface area (Å²) in [6.07, 6.45) is 6.33. The lowest BCUT2D eigenvalue weighted by molar-refractivity contribution is 0.620. The van der Waals surface area contributed by atoms with Crippen LogP contribution in [0.25, 0.3) is 66.4 Å². The van der Waals surface area contributed by atoms with Crippen molar-refractivity contribution in [1.29, 1.82) is 0 Å². The molecule has 0 amide bonds. The molecule has 0 fully saturated rings.